The maximum absolute atomic E-state index is 14.9. The van der Waals surface area contributed by atoms with E-state index in [0.717, 1.165) is 37.9 Å². The average Bonchev–Trinajstić information content (AvgIpc) is 3.56. The van der Waals surface area contributed by atoms with Gasteiger partial charge in [-0.3, -0.25) is 4.68 Å². The van der Waals surface area contributed by atoms with Crippen LogP contribution >= 0.6 is 0 Å². The van der Waals surface area contributed by atoms with Crippen LogP contribution in [-0.4, -0.2) is 9.78 Å². The number of aryl methyl sites for hydroxylation is 1. The third kappa shape index (κ3) is 5.15. The van der Waals surface area contributed by atoms with Crippen LogP contribution in [0, 0.1) is 11.7 Å². The van der Waals surface area contributed by atoms with Crippen LogP contribution in [0.2, 0.25) is 0 Å². The van der Waals surface area contributed by atoms with Crippen molar-refractivity contribution in [2.24, 2.45) is 5.92 Å². The number of rotatable bonds is 7. The summed E-state index contributed by atoms with van der Waals surface area (Å²) in [5, 5.41) is 4.78. The minimum Gasteiger partial charge on any atom is -0.484 e. The Morgan fingerprint density at radius 1 is 1.19 bits per heavy atom. The zero-order valence-corrected chi connectivity index (χ0v) is 18.3. The SMILES string of the molecule is C\C=C(F)/C(=C\C(=C\CC)C1CC1)c1cc2n(n1)CCCCC2Oc1ccc(F)cc1. The third-order valence-electron chi connectivity index (χ3n) is 5.91. The number of aromatic nitrogens is 2. The summed E-state index contributed by atoms with van der Waals surface area (Å²) in [7, 11) is 0. The lowest BCUT2D eigenvalue weighted by molar-refractivity contribution is 0.188. The molecule has 1 aromatic carbocycles. The summed E-state index contributed by atoms with van der Waals surface area (Å²) < 4.78 is 36.4. The Labute approximate surface area is 183 Å². The molecule has 1 unspecified atom stereocenters. The second-order valence-corrected chi connectivity index (χ2v) is 8.32. The molecular weight excluding hydrogens is 394 g/mol. The predicted molar refractivity (Wildman–Crippen MR) is 120 cm³/mol. The van der Waals surface area contributed by atoms with Crippen LogP contribution in [-0.2, 0) is 6.54 Å². The number of halogens is 2. The van der Waals surface area contributed by atoms with E-state index < -0.39 is 0 Å². The molecule has 4 rings (SSSR count). The Hall–Kier alpha value is -2.69. The van der Waals surface area contributed by atoms with E-state index in [1.807, 2.05) is 16.8 Å². The summed E-state index contributed by atoms with van der Waals surface area (Å²) in [5.41, 5.74) is 3.33. The molecule has 0 amide bonds. The minimum absolute atomic E-state index is 0.196. The van der Waals surface area contributed by atoms with Gasteiger partial charge in [0, 0.05) is 12.1 Å². The molecule has 164 valence electrons. The first-order chi connectivity index (χ1) is 15.1. The molecule has 1 aromatic heterocycles. The van der Waals surface area contributed by atoms with E-state index in [1.165, 1.54) is 36.6 Å². The average molecular weight is 425 g/mol. The predicted octanol–water partition coefficient (Wildman–Crippen LogP) is 7.33. The van der Waals surface area contributed by atoms with E-state index >= 15 is 0 Å². The summed E-state index contributed by atoms with van der Waals surface area (Å²) in [6.45, 7) is 4.60. The number of ether oxygens (including phenoxy) is 1. The van der Waals surface area contributed by atoms with Crippen LogP contribution < -0.4 is 4.74 Å². The van der Waals surface area contributed by atoms with Crippen LogP contribution in [0.1, 0.15) is 69.9 Å². The van der Waals surface area contributed by atoms with Crippen molar-refractivity contribution in [3.05, 3.63) is 77.2 Å². The van der Waals surface area contributed by atoms with Crippen molar-refractivity contribution in [2.45, 2.75) is 65.0 Å². The first-order valence-electron chi connectivity index (χ1n) is 11.3. The maximum Gasteiger partial charge on any atom is 0.140 e. The number of nitrogens with zero attached hydrogens (tertiary/aromatic N) is 2. The van der Waals surface area contributed by atoms with Gasteiger partial charge in [-0.05, 0) is 93.3 Å². The highest BCUT2D eigenvalue weighted by atomic mass is 19.1. The standard InChI is InChI=1S/C26H30F2N2O/c1-3-7-19(18-9-10-18)16-22(23(28)4-2)24-17-25-26(8-5-6-15-30(25)29-24)31-21-13-11-20(27)12-14-21/h4,7,11-14,16-18,26H,3,5-6,8-10,15H2,1-2H3/b19-7-,22-16+,23-4+. The first kappa shape index (κ1) is 21.5. The van der Waals surface area contributed by atoms with Crippen LogP contribution in [0.4, 0.5) is 8.78 Å². The van der Waals surface area contributed by atoms with Crippen LogP contribution in [0.15, 0.2) is 60.0 Å². The summed E-state index contributed by atoms with van der Waals surface area (Å²) in [4.78, 5) is 0. The monoisotopic (exact) mass is 424 g/mol. The summed E-state index contributed by atoms with van der Waals surface area (Å²) >= 11 is 0. The van der Waals surface area contributed by atoms with Gasteiger partial charge in [0.2, 0.25) is 0 Å². The molecule has 0 spiro atoms. The first-order valence-corrected chi connectivity index (χ1v) is 11.3. The molecule has 2 heterocycles. The van der Waals surface area contributed by atoms with Crippen LogP contribution in [0.5, 0.6) is 5.75 Å². The number of allylic oxidation sites excluding steroid dienone is 6. The zero-order valence-electron chi connectivity index (χ0n) is 18.3. The number of hydrogen-bond acceptors (Lipinski definition) is 2. The fourth-order valence-electron chi connectivity index (χ4n) is 4.12. The zero-order chi connectivity index (χ0) is 21.8. The Balaban J connectivity index is 1.69. The lowest BCUT2D eigenvalue weighted by Gasteiger charge is -2.17. The number of hydrogen-bond donors (Lipinski definition) is 0. The van der Waals surface area contributed by atoms with Crippen molar-refractivity contribution in [1.29, 1.82) is 0 Å². The highest BCUT2D eigenvalue weighted by Crippen LogP contribution is 2.40. The van der Waals surface area contributed by atoms with Gasteiger partial charge in [-0.25, -0.2) is 8.78 Å². The van der Waals surface area contributed by atoms with E-state index in [9.17, 15) is 8.78 Å². The molecule has 0 N–H and O–H groups in total. The Kier molecular flexibility index (Phi) is 6.69. The topological polar surface area (TPSA) is 27.1 Å². The number of fused-ring (bicyclic) bond motifs is 1. The van der Waals surface area contributed by atoms with Crippen molar-refractivity contribution in [3.63, 3.8) is 0 Å². The van der Waals surface area contributed by atoms with Gasteiger partial charge in [-0.1, -0.05) is 19.1 Å². The van der Waals surface area contributed by atoms with Crippen molar-refractivity contribution in [2.75, 3.05) is 0 Å². The van der Waals surface area contributed by atoms with Gasteiger partial charge in [-0.2, -0.15) is 5.10 Å². The largest absolute Gasteiger partial charge is 0.484 e. The van der Waals surface area contributed by atoms with Gasteiger partial charge in [0.25, 0.3) is 0 Å². The van der Waals surface area contributed by atoms with Gasteiger partial charge in [0.1, 0.15) is 23.5 Å². The smallest absolute Gasteiger partial charge is 0.140 e. The molecule has 1 atom stereocenters. The second-order valence-electron chi connectivity index (χ2n) is 8.32. The van der Waals surface area contributed by atoms with Crippen LogP contribution in [0.3, 0.4) is 0 Å². The maximum atomic E-state index is 14.9. The Morgan fingerprint density at radius 3 is 2.65 bits per heavy atom. The fourth-order valence-corrected chi connectivity index (χ4v) is 4.12. The molecular formula is C26H30F2N2O. The van der Waals surface area contributed by atoms with Crippen molar-refractivity contribution in [1.82, 2.24) is 9.78 Å². The quantitative estimate of drug-likeness (QED) is 0.435. The summed E-state index contributed by atoms with van der Waals surface area (Å²) in [5.74, 6) is 0.616. The van der Waals surface area contributed by atoms with E-state index in [4.69, 9.17) is 9.84 Å². The van der Waals surface area contributed by atoms with Gasteiger partial charge in [0.05, 0.1) is 11.4 Å². The summed E-state index contributed by atoms with van der Waals surface area (Å²) in [6.07, 6.45) is 11.6. The molecule has 0 bridgehead atoms. The highest BCUT2D eigenvalue weighted by molar-refractivity contribution is 5.77. The van der Waals surface area contributed by atoms with Crippen LogP contribution in [0.25, 0.3) is 5.57 Å². The van der Waals surface area contributed by atoms with E-state index in [-0.39, 0.29) is 17.7 Å². The van der Waals surface area contributed by atoms with Gasteiger partial charge in [0.15, 0.2) is 0 Å². The molecule has 0 radical (unpaired) electrons. The molecule has 31 heavy (non-hydrogen) atoms. The van der Waals surface area contributed by atoms with E-state index in [2.05, 4.69) is 13.0 Å². The van der Waals surface area contributed by atoms with Gasteiger partial charge >= 0.3 is 0 Å². The lowest BCUT2D eigenvalue weighted by Crippen LogP contribution is -2.11. The molecule has 2 aromatic rings. The molecule has 1 fully saturated rings. The Morgan fingerprint density at radius 2 is 1.97 bits per heavy atom. The normalized spacial score (nSPS) is 20.4. The molecule has 1 aliphatic carbocycles. The second kappa shape index (κ2) is 9.63. The third-order valence-corrected chi connectivity index (χ3v) is 5.91. The lowest BCUT2D eigenvalue weighted by atomic mass is 10.0. The molecule has 5 heteroatoms. The molecule has 0 saturated heterocycles. The summed E-state index contributed by atoms with van der Waals surface area (Å²) in [6, 6.07) is 8.05. The van der Waals surface area contributed by atoms with E-state index in [0.29, 0.717) is 22.9 Å². The molecule has 1 aliphatic heterocycles. The molecule has 3 nitrogen and oxygen atoms in total. The van der Waals surface area contributed by atoms with E-state index in [1.54, 1.807) is 19.1 Å². The van der Waals surface area contributed by atoms with Crippen molar-refractivity contribution >= 4 is 5.57 Å². The Bertz CT molecular complexity index is 997. The minimum atomic E-state index is -0.288. The molecule has 2 aliphatic rings. The van der Waals surface area contributed by atoms with Gasteiger partial charge < -0.3 is 4.74 Å². The van der Waals surface area contributed by atoms with Crippen molar-refractivity contribution < 1.29 is 13.5 Å². The fraction of sp³-hybridized carbons (Fsp3) is 0.423. The van der Waals surface area contributed by atoms with Gasteiger partial charge in [-0.15, -0.1) is 0 Å². The number of benzene rings is 1. The van der Waals surface area contributed by atoms with Crippen molar-refractivity contribution in [3.8, 4) is 5.75 Å². The highest BCUT2D eigenvalue weighted by Gasteiger charge is 2.27. The molecule has 1 saturated carbocycles.